The number of aromatic hydroxyl groups is 1. The second-order valence-corrected chi connectivity index (χ2v) is 32.1. The molecule has 20 nitrogen and oxygen atoms in total. The Morgan fingerprint density at radius 1 is 0.415 bits per heavy atom. The SMILES string of the molecule is COCOc1cccc(C2(N(C)C)CCC3(CC2)CN(Cc2ccc(OC)cc2)C(=O)N3)c1.COCOc1cccc(C2(N(C)C)CCC3(CC2)CN(Cc2ccc(OC)cc2)C(=O)N3CC2CCC2)c1.COc1ccc(CN2CC3(CCC(c4cccc(O)c4)(N(C)C)CC3)N(CC3CCC3)C2=O)cc1. The molecule has 6 amide bonds. The number of nitrogens with one attached hydrogen (secondary N) is 1. The molecule has 3 saturated heterocycles. The number of hydrogen-bond donors (Lipinski definition) is 2. The summed E-state index contributed by atoms with van der Waals surface area (Å²) in [5.41, 5.74) is 6.37. The lowest BCUT2D eigenvalue weighted by atomic mass is 9.68. The van der Waals surface area contributed by atoms with Crippen LogP contribution in [0.5, 0.6) is 34.5 Å². The summed E-state index contributed by atoms with van der Waals surface area (Å²) in [6.07, 6.45) is 19.2. The number of nitrogens with zero attached hydrogens (tertiary/aromatic N) is 8. The predicted molar refractivity (Wildman–Crippen MR) is 413 cm³/mol. The van der Waals surface area contributed by atoms with Gasteiger partial charge in [0.05, 0.1) is 37.9 Å². The molecule has 3 heterocycles. The van der Waals surface area contributed by atoms with Crippen molar-refractivity contribution in [2.75, 3.05) is 124 Å². The summed E-state index contributed by atoms with van der Waals surface area (Å²) in [4.78, 5) is 58.1. The highest BCUT2D eigenvalue weighted by Gasteiger charge is 2.57. The molecule has 0 radical (unpaired) electrons. The summed E-state index contributed by atoms with van der Waals surface area (Å²) in [7, 11) is 21.2. The van der Waals surface area contributed by atoms with Gasteiger partial charge in [-0.15, -0.1) is 0 Å². The molecule has 6 aromatic carbocycles. The molecule has 3 aliphatic heterocycles. The second-order valence-electron chi connectivity index (χ2n) is 32.1. The van der Waals surface area contributed by atoms with Crippen molar-refractivity contribution >= 4 is 18.1 Å². The Morgan fingerprint density at radius 3 is 1.09 bits per heavy atom. The molecule has 0 bridgehead atoms. The fraction of sp³-hybridized carbons (Fsp3) is 0.547. The van der Waals surface area contributed by atoms with Crippen molar-refractivity contribution in [2.24, 2.45) is 11.8 Å². The Balaban J connectivity index is 0.000000149. The highest BCUT2D eigenvalue weighted by molar-refractivity contribution is 5.80. The first-order chi connectivity index (χ1) is 51.1. The van der Waals surface area contributed by atoms with Crippen LogP contribution in [0, 0.1) is 11.8 Å². The number of carbonyl (C=O) groups excluding carboxylic acids is 3. The Bertz CT molecular complexity index is 3880. The Kier molecular flexibility index (Phi) is 24.4. The molecule has 0 atom stereocenters. The van der Waals surface area contributed by atoms with Crippen molar-refractivity contribution in [3.8, 4) is 34.5 Å². The van der Waals surface area contributed by atoms with E-state index in [4.69, 9.17) is 33.2 Å². The van der Waals surface area contributed by atoms with Crippen LogP contribution in [0.2, 0.25) is 0 Å². The van der Waals surface area contributed by atoms with Crippen LogP contribution < -0.4 is 29.0 Å². The van der Waals surface area contributed by atoms with E-state index in [-0.39, 0.29) is 64.9 Å². The summed E-state index contributed by atoms with van der Waals surface area (Å²) >= 11 is 0. The normalized spacial score (nSPS) is 25.9. The largest absolute Gasteiger partial charge is 0.508 e. The number of phenolic OH excluding ortho intramolecular Hbond substituents is 1. The monoisotopic (exact) mass is 1450 g/mol. The Morgan fingerprint density at radius 2 is 0.764 bits per heavy atom. The van der Waals surface area contributed by atoms with Crippen LogP contribution in [0.25, 0.3) is 0 Å². The highest BCUT2D eigenvalue weighted by atomic mass is 16.7. The zero-order chi connectivity index (χ0) is 74.9. The molecular weight excluding hydrogens is 1330 g/mol. The number of phenols is 1. The lowest BCUT2D eigenvalue weighted by Crippen LogP contribution is -2.56. The molecule has 0 unspecified atom stereocenters. The first-order valence-corrected chi connectivity index (χ1v) is 38.5. The van der Waals surface area contributed by atoms with Gasteiger partial charge in [-0.25, -0.2) is 14.4 Å². The van der Waals surface area contributed by atoms with E-state index in [1.807, 2.05) is 83.8 Å². The van der Waals surface area contributed by atoms with Crippen LogP contribution in [-0.4, -0.2) is 203 Å². The Hall–Kier alpha value is -8.27. The predicted octanol–water partition coefficient (Wildman–Crippen LogP) is 14.7. The molecule has 20 heteroatoms. The summed E-state index contributed by atoms with van der Waals surface area (Å²) in [5, 5.41) is 13.5. The maximum Gasteiger partial charge on any atom is 0.320 e. The number of hydrogen-bond acceptors (Lipinski definition) is 14. The molecule has 5 aliphatic carbocycles. The zero-order valence-corrected chi connectivity index (χ0v) is 64.9. The van der Waals surface area contributed by atoms with Crippen LogP contribution in [0.15, 0.2) is 146 Å². The lowest BCUT2D eigenvalue weighted by molar-refractivity contribution is 0.0154. The molecule has 106 heavy (non-hydrogen) atoms. The van der Waals surface area contributed by atoms with Gasteiger partial charge < -0.3 is 68.1 Å². The summed E-state index contributed by atoms with van der Waals surface area (Å²) in [6.45, 7) is 6.46. The van der Waals surface area contributed by atoms with E-state index >= 15 is 0 Å². The lowest BCUT2D eigenvalue weighted by Gasteiger charge is -2.51. The average Bonchev–Trinajstić information content (AvgIpc) is 1.46. The first-order valence-electron chi connectivity index (χ1n) is 38.5. The van der Waals surface area contributed by atoms with E-state index in [0.717, 1.165) is 155 Å². The maximum atomic E-state index is 13.9. The smallest absolute Gasteiger partial charge is 0.320 e. The molecule has 0 aromatic heterocycles. The van der Waals surface area contributed by atoms with Gasteiger partial charge in [0.25, 0.3) is 0 Å². The summed E-state index contributed by atoms with van der Waals surface area (Å²) in [6, 6.07) is 49.0. The minimum atomic E-state index is -0.173. The average molecular weight is 1450 g/mol. The molecule has 572 valence electrons. The van der Waals surface area contributed by atoms with E-state index in [1.165, 1.54) is 55.2 Å². The fourth-order valence-electron chi connectivity index (χ4n) is 18.5. The van der Waals surface area contributed by atoms with Crippen LogP contribution in [0.4, 0.5) is 14.4 Å². The standard InChI is InChI=1S/C31H43N3O4.C29H39N3O3.C26H35N3O4/c1-32(2)31(26-9-6-10-28(19-26)38-23-36-3)17-15-30(16-18-31)22-33(20-25-11-13-27(37-4)14-12-25)29(35)34(30)21-24-7-5-8-24;1-30(2)29(24-8-5-9-25(33)18-24)16-14-28(15-17-29)21-31(19-23-10-12-26(35-3)13-11-23)27(34)32(28)20-22-6-4-7-22;1-28(2)26(21-6-5-7-23(16-21)33-19-31-3)14-12-25(13-15-26)18-29(24(30)27-25)17-20-8-10-22(32-4)11-9-20/h6,9-14,19,24H,5,7-8,15-18,20-23H2,1-4H3;5,8-13,18,22,33H,4,6-7,14-17,19-21H2,1-3H3;5-11,16H,12-15,17-19H2,1-4H3,(H,27,30). The molecule has 14 rings (SSSR count). The van der Waals surface area contributed by atoms with Crippen molar-refractivity contribution in [1.29, 1.82) is 0 Å². The number of rotatable bonds is 25. The second kappa shape index (κ2) is 33.5. The van der Waals surface area contributed by atoms with E-state index < -0.39 is 0 Å². The zero-order valence-electron chi connectivity index (χ0n) is 64.9. The van der Waals surface area contributed by atoms with Gasteiger partial charge in [-0.05, 0) is 263 Å². The van der Waals surface area contributed by atoms with Crippen molar-refractivity contribution in [2.45, 2.75) is 168 Å². The number of benzene rings is 6. The third-order valence-electron chi connectivity index (χ3n) is 25.6. The molecule has 2 N–H and O–H groups in total. The quantitative estimate of drug-likeness (QED) is 0.0518. The molecule has 8 aliphatic rings. The molecular formula is C86H117N9O11. The van der Waals surface area contributed by atoms with E-state index in [2.05, 4.69) is 143 Å². The van der Waals surface area contributed by atoms with Crippen molar-refractivity contribution in [3.63, 3.8) is 0 Å². The van der Waals surface area contributed by atoms with Gasteiger partial charge >= 0.3 is 18.1 Å². The summed E-state index contributed by atoms with van der Waals surface area (Å²) < 4.78 is 37.5. The minimum Gasteiger partial charge on any atom is -0.508 e. The van der Waals surface area contributed by atoms with Gasteiger partial charge in [-0.3, -0.25) is 14.7 Å². The van der Waals surface area contributed by atoms with E-state index in [0.29, 0.717) is 37.2 Å². The minimum absolute atomic E-state index is 0.0261. The van der Waals surface area contributed by atoms with Crippen molar-refractivity contribution in [3.05, 3.63) is 179 Å². The number of urea groups is 3. The van der Waals surface area contributed by atoms with Gasteiger partial charge in [0.1, 0.15) is 34.5 Å². The van der Waals surface area contributed by atoms with Crippen LogP contribution >= 0.6 is 0 Å². The molecule has 3 spiro atoms. The number of carbonyl (C=O) groups is 3. The third-order valence-corrected chi connectivity index (χ3v) is 25.6. The van der Waals surface area contributed by atoms with Gasteiger partial charge in [0.15, 0.2) is 13.6 Å². The molecule has 8 fully saturated rings. The highest BCUT2D eigenvalue weighted by Crippen LogP contribution is 2.53. The Labute approximate surface area is 630 Å². The van der Waals surface area contributed by atoms with Crippen LogP contribution in [0.3, 0.4) is 0 Å². The first kappa shape index (κ1) is 77.3. The van der Waals surface area contributed by atoms with Crippen LogP contribution in [-0.2, 0) is 45.7 Å². The number of methoxy groups -OCH3 is 5. The van der Waals surface area contributed by atoms with E-state index in [1.54, 1.807) is 41.6 Å². The van der Waals surface area contributed by atoms with Crippen molar-refractivity contribution < 1.29 is 52.6 Å². The third kappa shape index (κ3) is 16.6. The van der Waals surface area contributed by atoms with E-state index in [9.17, 15) is 19.5 Å². The molecule has 6 aromatic rings. The maximum absolute atomic E-state index is 13.9. The van der Waals surface area contributed by atoms with Gasteiger partial charge in [-0.1, -0.05) is 85.6 Å². The van der Waals surface area contributed by atoms with Gasteiger partial charge in [-0.2, -0.15) is 0 Å². The number of amides is 6. The van der Waals surface area contributed by atoms with Crippen LogP contribution in [0.1, 0.15) is 149 Å². The summed E-state index contributed by atoms with van der Waals surface area (Å²) in [5.74, 6) is 5.75. The topological polar surface area (TPSA) is 174 Å². The van der Waals surface area contributed by atoms with Crippen molar-refractivity contribution in [1.82, 2.24) is 44.5 Å². The van der Waals surface area contributed by atoms with Gasteiger partial charge in [0.2, 0.25) is 0 Å². The fourth-order valence-corrected chi connectivity index (χ4v) is 18.5. The number of ether oxygens (including phenoxy) is 7. The van der Waals surface area contributed by atoms with Gasteiger partial charge in [0, 0.05) is 83.2 Å². The molecule has 5 saturated carbocycles.